The predicted octanol–water partition coefficient (Wildman–Crippen LogP) is 0.171. The van der Waals surface area contributed by atoms with Crippen LogP contribution in [0.4, 0.5) is 0 Å². The van der Waals surface area contributed by atoms with Gasteiger partial charge in [0.1, 0.15) is 0 Å². The van der Waals surface area contributed by atoms with Crippen LogP contribution in [0.5, 0.6) is 0 Å². The highest BCUT2D eigenvalue weighted by molar-refractivity contribution is 5.75. The van der Waals surface area contributed by atoms with Crippen molar-refractivity contribution in [1.82, 2.24) is 15.2 Å². The van der Waals surface area contributed by atoms with Crippen LogP contribution in [0.25, 0.3) is 0 Å². The third kappa shape index (κ3) is 4.26. The highest BCUT2D eigenvalue weighted by atomic mass is 16.2. The Morgan fingerprint density at radius 3 is 2.59 bits per heavy atom. The van der Waals surface area contributed by atoms with Crippen molar-refractivity contribution < 1.29 is 4.79 Å². The summed E-state index contributed by atoms with van der Waals surface area (Å²) in [6.07, 6.45) is 2.86. The second-order valence-corrected chi connectivity index (χ2v) is 4.95. The molecule has 1 amide bonds. The second kappa shape index (κ2) is 6.93. The number of amides is 1. The standard InChI is InChI=1S/C12H26N4O/c1-4-16-7-5-11(6-8-16)15(3)10(2)9-12(17)14-13/h10-11H,4-9,13H2,1-3H3,(H,14,17). The molecule has 1 heterocycles. The zero-order chi connectivity index (χ0) is 12.8. The van der Waals surface area contributed by atoms with Crippen LogP contribution in [-0.2, 0) is 4.79 Å². The first kappa shape index (κ1) is 14.4. The van der Waals surface area contributed by atoms with E-state index in [4.69, 9.17) is 5.84 Å². The lowest BCUT2D eigenvalue weighted by molar-refractivity contribution is -0.122. The van der Waals surface area contributed by atoms with Crippen molar-refractivity contribution in [3.05, 3.63) is 0 Å². The summed E-state index contributed by atoms with van der Waals surface area (Å²) in [4.78, 5) is 16.0. The van der Waals surface area contributed by atoms with Gasteiger partial charge in [-0.15, -0.1) is 0 Å². The van der Waals surface area contributed by atoms with Crippen molar-refractivity contribution in [3.63, 3.8) is 0 Å². The fourth-order valence-electron chi connectivity index (χ4n) is 2.47. The quantitative estimate of drug-likeness (QED) is 0.410. The van der Waals surface area contributed by atoms with Crippen LogP contribution in [0.15, 0.2) is 0 Å². The molecule has 0 saturated carbocycles. The fraction of sp³-hybridized carbons (Fsp3) is 0.917. The first-order valence-electron chi connectivity index (χ1n) is 6.52. The molecule has 1 aliphatic rings. The number of hydrogen-bond donors (Lipinski definition) is 2. The van der Waals surface area contributed by atoms with Crippen LogP contribution in [0.3, 0.4) is 0 Å². The SMILES string of the molecule is CCN1CCC(N(C)C(C)CC(=O)NN)CC1. The van der Waals surface area contributed by atoms with Crippen LogP contribution in [0, 0.1) is 0 Å². The predicted molar refractivity (Wildman–Crippen MR) is 69.3 cm³/mol. The molecule has 1 atom stereocenters. The molecule has 1 rings (SSSR count). The molecule has 0 aliphatic carbocycles. The molecule has 5 nitrogen and oxygen atoms in total. The highest BCUT2D eigenvalue weighted by Crippen LogP contribution is 2.18. The van der Waals surface area contributed by atoms with Crippen LogP contribution < -0.4 is 11.3 Å². The Balaban J connectivity index is 2.37. The lowest BCUT2D eigenvalue weighted by Crippen LogP contribution is -2.47. The van der Waals surface area contributed by atoms with Crippen molar-refractivity contribution in [2.24, 2.45) is 5.84 Å². The maximum atomic E-state index is 11.2. The van der Waals surface area contributed by atoms with E-state index in [2.05, 4.69) is 36.1 Å². The van der Waals surface area contributed by atoms with Gasteiger partial charge >= 0.3 is 0 Å². The van der Waals surface area contributed by atoms with E-state index in [0.29, 0.717) is 12.5 Å². The van der Waals surface area contributed by atoms with Crippen molar-refractivity contribution in [2.75, 3.05) is 26.7 Å². The van der Waals surface area contributed by atoms with E-state index in [9.17, 15) is 4.79 Å². The van der Waals surface area contributed by atoms with Crippen LogP contribution in [0.2, 0.25) is 0 Å². The van der Waals surface area contributed by atoms with Crippen molar-refractivity contribution in [3.8, 4) is 0 Å². The van der Waals surface area contributed by atoms with Crippen molar-refractivity contribution in [1.29, 1.82) is 0 Å². The molecular weight excluding hydrogens is 216 g/mol. The molecule has 1 aliphatic heterocycles. The minimum atomic E-state index is -0.0876. The third-order valence-corrected chi connectivity index (χ3v) is 3.92. The molecule has 0 aromatic carbocycles. The summed E-state index contributed by atoms with van der Waals surface area (Å²) < 4.78 is 0. The van der Waals surface area contributed by atoms with Gasteiger partial charge in [-0.3, -0.25) is 10.2 Å². The van der Waals surface area contributed by atoms with Crippen LogP contribution in [-0.4, -0.2) is 54.5 Å². The molecule has 0 bridgehead atoms. The Hall–Kier alpha value is -0.650. The lowest BCUT2D eigenvalue weighted by Gasteiger charge is -2.39. The van der Waals surface area contributed by atoms with Gasteiger partial charge in [-0.2, -0.15) is 0 Å². The van der Waals surface area contributed by atoms with E-state index in [1.165, 1.54) is 25.9 Å². The zero-order valence-electron chi connectivity index (χ0n) is 11.3. The average molecular weight is 242 g/mol. The summed E-state index contributed by atoms with van der Waals surface area (Å²) in [7, 11) is 2.11. The Labute approximate surface area is 104 Å². The Bertz CT molecular complexity index is 239. The van der Waals surface area contributed by atoms with Crippen LogP contribution >= 0.6 is 0 Å². The molecule has 0 spiro atoms. The van der Waals surface area contributed by atoms with Crippen LogP contribution in [0.1, 0.15) is 33.1 Å². The van der Waals surface area contributed by atoms with Gasteiger partial charge < -0.3 is 9.80 Å². The molecule has 1 fully saturated rings. The van der Waals surface area contributed by atoms with Gasteiger partial charge in [0.15, 0.2) is 0 Å². The number of rotatable bonds is 5. The van der Waals surface area contributed by atoms with Gasteiger partial charge in [0.05, 0.1) is 0 Å². The molecule has 1 unspecified atom stereocenters. The van der Waals surface area contributed by atoms with Gasteiger partial charge in [0.25, 0.3) is 0 Å². The second-order valence-electron chi connectivity index (χ2n) is 4.95. The topological polar surface area (TPSA) is 61.6 Å². The lowest BCUT2D eigenvalue weighted by atomic mass is 10.0. The molecule has 100 valence electrons. The summed E-state index contributed by atoms with van der Waals surface area (Å²) >= 11 is 0. The fourth-order valence-corrected chi connectivity index (χ4v) is 2.47. The monoisotopic (exact) mass is 242 g/mol. The van der Waals surface area contributed by atoms with Gasteiger partial charge in [-0.1, -0.05) is 6.92 Å². The van der Waals surface area contributed by atoms with Crippen molar-refractivity contribution in [2.45, 2.75) is 45.2 Å². The largest absolute Gasteiger partial charge is 0.303 e. The van der Waals surface area contributed by atoms with E-state index in [-0.39, 0.29) is 11.9 Å². The minimum Gasteiger partial charge on any atom is -0.303 e. The summed E-state index contributed by atoms with van der Waals surface area (Å²) in [6.45, 7) is 7.77. The first-order valence-corrected chi connectivity index (χ1v) is 6.52. The maximum absolute atomic E-state index is 11.2. The minimum absolute atomic E-state index is 0.0876. The van der Waals surface area contributed by atoms with Gasteiger partial charge in [-0.25, -0.2) is 5.84 Å². The molecule has 17 heavy (non-hydrogen) atoms. The van der Waals surface area contributed by atoms with Crippen molar-refractivity contribution >= 4 is 5.91 Å². The number of nitrogens with one attached hydrogen (secondary N) is 1. The highest BCUT2D eigenvalue weighted by Gasteiger charge is 2.25. The number of nitrogens with two attached hydrogens (primary N) is 1. The van der Waals surface area contributed by atoms with E-state index in [1.54, 1.807) is 0 Å². The summed E-state index contributed by atoms with van der Waals surface area (Å²) in [5.74, 6) is 5.02. The number of piperidine rings is 1. The Kier molecular flexibility index (Phi) is 5.88. The number of nitrogens with zero attached hydrogens (tertiary/aromatic N) is 2. The van der Waals surface area contributed by atoms with E-state index in [1.807, 2.05) is 0 Å². The number of carbonyl (C=O) groups is 1. The average Bonchev–Trinajstić information content (AvgIpc) is 2.37. The molecule has 0 aromatic rings. The molecular formula is C12H26N4O. The smallest absolute Gasteiger partial charge is 0.235 e. The molecule has 0 aromatic heterocycles. The van der Waals surface area contributed by atoms with Gasteiger partial charge in [0.2, 0.25) is 5.91 Å². The Morgan fingerprint density at radius 2 is 2.12 bits per heavy atom. The number of carbonyl (C=O) groups excluding carboxylic acids is 1. The normalized spacial score (nSPS) is 20.5. The van der Waals surface area contributed by atoms with E-state index < -0.39 is 0 Å². The van der Waals surface area contributed by atoms with E-state index >= 15 is 0 Å². The summed E-state index contributed by atoms with van der Waals surface area (Å²) in [5, 5.41) is 0. The molecule has 3 N–H and O–H groups in total. The summed E-state index contributed by atoms with van der Waals surface area (Å²) in [5.41, 5.74) is 2.20. The van der Waals surface area contributed by atoms with Gasteiger partial charge in [0, 0.05) is 18.5 Å². The molecule has 5 heteroatoms. The number of hydrazine groups is 1. The number of likely N-dealkylation sites (tertiary alicyclic amines) is 1. The first-order chi connectivity index (χ1) is 8.08. The molecule has 1 saturated heterocycles. The maximum Gasteiger partial charge on any atom is 0.235 e. The summed E-state index contributed by atoms with van der Waals surface area (Å²) in [6, 6.07) is 0.843. The Morgan fingerprint density at radius 1 is 1.53 bits per heavy atom. The van der Waals surface area contributed by atoms with E-state index in [0.717, 1.165) is 6.54 Å². The van der Waals surface area contributed by atoms with Gasteiger partial charge in [-0.05, 0) is 46.4 Å². The molecule has 0 radical (unpaired) electrons. The zero-order valence-corrected chi connectivity index (χ0v) is 11.3. The number of hydrogen-bond acceptors (Lipinski definition) is 4. The third-order valence-electron chi connectivity index (χ3n) is 3.92.